The molecule has 0 saturated carbocycles. The quantitative estimate of drug-likeness (QED) is 0.573. The van der Waals surface area contributed by atoms with Crippen LogP contribution < -0.4 is 11.1 Å². The fourth-order valence-electron chi connectivity index (χ4n) is 3.35. The van der Waals surface area contributed by atoms with Gasteiger partial charge in [0.1, 0.15) is 0 Å². The van der Waals surface area contributed by atoms with Gasteiger partial charge in [-0.2, -0.15) is 5.10 Å². The van der Waals surface area contributed by atoms with E-state index in [1.165, 1.54) is 0 Å². The molecule has 1 aliphatic rings. The number of carbonyl (C=O) groups excluding carboxylic acids is 1. The van der Waals surface area contributed by atoms with Crippen molar-refractivity contribution in [1.82, 2.24) is 24.6 Å². The molecule has 0 aliphatic heterocycles. The van der Waals surface area contributed by atoms with E-state index < -0.39 is 0 Å². The number of nitrogens with zero attached hydrogens (tertiary/aromatic N) is 5. The van der Waals surface area contributed by atoms with Gasteiger partial charge in [-0.05, 0) is 35.4 Å². The highest BCUT2D eigenvalue weighted by atomic mass is 16.1. The van der Waals surface area contributed by atoms with Gasteiger partial charge in [-0.15, -0.1) is 0 Å². The Morgan fingerprint density at radius 2 is 2.14 bits per heavy atom. The summed E-state index contributed by atoms with van der Waals surface area (Å²) in [6, 6.07) is 7.46. The van der Waals surface area contributed by atoms with Crippen LogP contribution in [-0.2, 0) is 6.42 Å². The van der Waals surface area contributed by atoms with Crippen LogP contribution in [0, 0.1) is 0 Å². The average molecular weight is 369 g/mol. The van der Waals surface area contributed by atoms with Gasteiger partial charge >= 0.3 is 0 Å². The van der Waals surface area contributed by atoms with Crippen molar-refractivity contribution in [3.8, 4) is 0 Å². The standard InChI is InChI=1S/C20H15N7O/c21-20-23-10-15-14(3-4-17(15)26-20)12-5-7-27-18(8-12)16(11-24-27)19(28)25-13-2-1-6-22-9-13/h1-3,5-11H,4H2,(H,25,28)(H2,21,23,26). The Labute approximate surface area is 159 Å². The molecule has 1 amide bonds. The number of hydrogen-bond acceptors (Lipinski definition) is 6. The van der Waals surface area contributed by atoms with E-state index in [9.17, 15) is 4.79 Å². The van der Waals surface area contributed by atoms with Gasteiger partial charge in [-0.1, -0.05) is 6.08 Å². The Balaban J connectivity index is 1.52. The molecule has 4 heterocycles. The minimum absolute atomic E-state index is 0.239. The number of nitrogen functional groups attached to an aromatic ring is 1. The second-order valence-corrected chi connectivity index (χ2v) is 6.41. The van der Waals surface area contributed by atoms with Crippen molar-refractivity contribution in [3.05, 3.63) is 83.7 Å². The third kappa shape index (κ3) is 2.67. The van der Waals surface area contributed by atoms with Gasteiger partial charge in [0, 0.05) is 30.6 Å². The van der Waals surface area contributed by atoms with Gasteiger partial charge in [-0.25, -0.2) is 14.5 Å². The summed E-state index contributed by atoms with van der Waals surface area (Å²) in [7, 11) is 0. The van der Waals surface area contributed by atoms with Crippen LogP contribution in [0.15, 0.2) is 61.3 Å². The fraction of sp³-hybridized carbons (Fsp3) is 0.0500. The van der Waals surface area contributed by atoms with Crippen LogP contribution in [0.4, 0.5) is 11.6 Å². The lowest BCUT2D eigenvalue weighted by atomic mass is 10.0. The lowest BCUT2D eigenvalue weighted by Crippen LogP contribution is -2.11. The molecule has 28 heavy (non-hydrogen) atoms. The van der Waals surface area contributed by atoms with Crippen molar-refractivity contribution >= 4 is 28.6 Å². The number of pyridine rings is 2. The average Bonchev–Trinajstić information content (AvgIpc) is 3.31. The summed E-state index contributed by atoms with van der Waals surface area (Å²) in [6.07, 6.45) is 11.2. The molecule has 0 saturated heterocycles. The molecular formula is C20H15N7O. The van der Waals surface area contributed by atoms with Crippen LogP contribution in [0.3, 0.4) is 0 Å². The maximum atomic E-state index is 12.7. The fourth-order valence-corrected chi connectivity index (χ4v) is 3.35. The Hall–Kier alpha value is -4.07. The number of nitrogens with two attached hydrogens (primary N) is 1. The number of amides is 1. The first kappa shape index (κ1) is 16.1. The summed E-state index contributed by atoms with van der Waals surface area (Å²) in [6.45, 7) is 0. The summed E-state index contributed by atoms with van der Waals surface area (Å²) in [4.78, 5) is 25.1. The first-order valence-corrected chi connectivity index (χ1v) is 8.70. The summed E-state index contributed by atoms with van der Waals surface area (Å²) in [5.74, 6) is 0.0334. The molecule has 0 radical (unpaired) electrons. The van der Waals surface area contributed by atoms with Crippen molar-refractivity contribution in [2.45, 2.75) is 6.42 Å². The van der Waals surface area contributed by atoms with Gasteiger partial charge in [0.05, 0.1) is 34.9 Å². The number of nitrogens with one attached hydrogen (secondary N) is 1. The number of anilines is 2. The van der Waals surface area contributed by atoms with Gasteiger partial charge in [0.2, 0.25) is 5.95 Å². The molecule has 4 aromatic rings. The highest BCUT2D eigenvalue weighted by molar-refractivity contribution is 6.09. The maximum absolute atomic E-state index is 12.7. The first-order chi connectivity index (χ1) is 13.7. The zero-order valence-electron chi connectivity index (χ0n) is 14.7. The maximum Gasteiger partial charge on any atom is 0.259 e. The van der Waals surface area contributed by atoms with Crippen LogP contribution in [-0.4, -0.2) is 30.5 Å². The van der Waals surface area contributed by atoms with Gasteiger partial charge < -0.3 is 11.1 Å². The Morgan fingerprint density at radius 3 is 3.00 bits per heavy atom. The molecule has 136 valence electrons. The number of carbonyl (C=O) groups is 1. The molecule has 5 rings (SSSR count). The second-order valence-electron chi connectivity index (χ2n) is 6.41. The molecule has 0 bridgehead atoms. The molecule has 0 fully saturated rings. The SMILES string of the molecule is Nc1ncc2c(n1)CC=C2c1ccn2ncc(C(=O)Nc3cccnc3)c2c1. The summed E-state index contributed by atoms with van der Waals surface area (Å²) in [5, 5.41) is 7.13. The van der Waals surface area contributed by atoms with Crippen LogP contribution in [0.25, 0.3) is 11.1 Å². The predicted molar refractivity (Wildman–Crippen MR) is 105 cm³/mol. The van der Waals surface area contributed by atoms with Crippen LogP contribution in [0.1, 0.15) is 27.2 Å². The molecule has 8 heteroatoms. The highest BCUT2D eigenvalue weighted by Gasteiger charge is 2.20. The molecule has 8 nitrogen and oxygen atoms in total. The van der Waals surface area contributed by atoms with E-state index in [4.69, 9.17) is 5.73 Å². The zero-order valence-corrected chi connectivity index (χ0v) is 14.7. The Kier molecular flexibility index (Phi) is 3.61. The monoisotopic (exact) mass is 369 g/mol. The minimum atomic E-state index is -0.239. The summed E-state index contributed by atoms with van der Waals surface area (Å²) in [5.41, 5.74) is 11.4. The van der Waals surface area contributed by atoms with Gasteiger partial charge in [0.25, 0.3) is 5.91 Å². The molecule has 1 aliphatic carbocycles. The second kappa shape index (κ2) is 6.27. The smallest absolute Gasteiger partial charge is 0.259 e. The lowest BCUT2D eigenvalue weighted by Gasteiger charge is -2.07. The lowest BCUT2D eigenvalue weighted by molar-refractivity contribution is 0.102. The van der Waals surface area contributed by atoms with Gasteiger partial charge in [-0.3, -0.25) is 9.78 Å². The van der Waals surface area contributed by atoms with Crippen molar-refractivity contribution in [2.24, 2.45) is 0 Å². The molecule has 0 atom stereocenters. The van der Waals surface area contributed by atoms with Gasteiger partial charge in [0.15, 0.2) is 0 Å². The number of allylic oxidation sites excluding steroid dienone is 1. The topological polar surface area (TPSA) is 111 Å². The number of hydrogen-bond donors (Lipinski definition) is 2. The molecule has 0 spiro atoms. The highest BCUT2D eigenvalue weighted by Crippen LogP contribution is 2.32. The van der Waals surface area contributed by atoms with Crippen molar-refractivity contribution in [2.75, 3.05) is 11.1 Å². The zero-order chi connectivity index (χ0) is 19.1. The predicted octanol–water partition coefficient (Wildman–Crippen LogP) is 2.34. The first-order valence-electron chi connectivity index (χ1n) is 8.70. The number of rotatable bonds is 3. The van der Waals surface area contributed by atoms with E-state index in [1.807, 2.05) is 18.3 Å². The Bertz CT molecular complexity index is 1240. The molecule has 0 unspecified atom stereocenters. The molecule has 0 aromatic carbocycles. The molecule has 4 aromatic heterocycles. The third-order valence-corrected chi connectivity index (χ3v) is 4.67. The number of aromatic nitrogens is 5. The van der Waals surface area contributed by atoms with Crippen LogP contribution in [0.2, 0.25) is 0 Å². The van der Waals surface area contributed by atoms with Crippen molar-refractivity contribution in [3.63, 3.8) is 0 Å². The minimum Gasteiger partial charge on any atom is -0.368 e. The normalized spacial score (nSPS) is 12.6. The van der Waals surface area contributed by atoms with Crippen molar-refractivity contribution in [1.29, 1.82) is 0 Å². The van der Waals surface area contributed by atoms with Crippen LogP contribution >= 0.6 is 0 Å². The summed E-state index contributed by atoms with van der Waals surface area (Å²) >= 11 is 0. The van der Waals surface area contributed by atoms with E-state index >= 15 is 0 Å². The molecular weight excluding hydrogens is 354 g/mol. The van der Waals surface area contributed by atoms with E-state index in [0.717, 1.165) is 22.4 Å². The van der Waals surface area contributed by atoms with E-state index in [2.05, 4.69) is 31.4 Å². The van der Waals surface area contributed by atoms with Crippen molar-refractivity contribution < 1.29 is 4.79 Å². The third-order valence-electron chi connectivity index (χ3n) is 4.67. The number of fused-ring (bicyclic) bond motifs is 2. The van der Waals surface area contributed by atoms with Crippen LogP contribution in [0.5, 0.6) is 0 Å². The largest absolute Gasteiger partial charge is 0.368 e. The molecule has 3 N–H and O–H groups in total. The Morgan fingerprint density at radius 1 is 1.21 bits per heavy atom. The summed E-state index contributed by atoms with van der Waals surface area (Å²) < 4.78 is 1.68. The van der Waals surface area contributed by atoms with E-state index in [-0.39, 0.29) is 11.9 Å². The van der Waals surface area contributed by atoms with E-state index in [1.54, 1.807) is 41.4 Å². The van der Waals surface area contributed by atoms with E-state index in [0.29, 0.717) is 23.2 Å².